The van der Waals surface area contributed by atoms with Crippen LogP contribution in [0.4, 0.5) is 0 Å². The van der Waals surface area contributed by atoms with E-state index in [-0.39, 0.29) is 30.2 Å². The Kier molecular flexibility index (Phi) is 5.44. The summed E-state index contributed by atoms with van der Waals surface area (Å²) >= 11 is 0. The van der Waals surface area contributed by atoms with E-state index < -0.39 is 0 Å². The van der Waals surface area contributed by atoms with Crippen LogP contribution in [0, 0.1) is 0 Å². The molecule has 1 aliphatic heterocycles. The van der Waals surface area contributed by atoms with Gasteiger partial charge < -0.3 is 9.64 Å². The van der Waals surface area contributed by atoms with Gasteiger partial charge in [0.15, 0.2) is 6.61 Å². The third kappa shape index (κ3) is 3.81. The SMILES string of the molecule is CC(C)n1c(C2CCCN(C(=O)COc3ccccc3)C2)nn(C)c1=O. The molecule has 7 nitrogen and oxygen atoms in total. The molecular formula is C19H26N4O3. The molecule has 1 fully saturated rings. The van der Waals surface area contributed by atoms with Crippen LogP contribution in [0.15, 0.2) is 35.1 Å². The van der Waals surface area contributed by atoms with Gasteiger partial charge >= 0.3 is 5.69 Å². The fraction of sp³-hybridized carbons (Fsp3) is 0.526. The van der Waals surface area contributed by atoms with Gasteiger partial charge in [-0.1, -0.05) is 18.2 Å². The first-order valence-corrected chi connectivity index (χ1v) is 9.08. The number of benzene rings is 1. The van der Waals surface area contributed by atoms with Crippen molar-refractivity contribution >= 4 is 5.91 Å². The van der Waals surface area contributed by atoms with Gasteiger partial charge in [-0.05, 0) is 38.8 Å². The van der Waals surface area contributed by atoms with Crippen LogP contribution >= 0.6 is 0 Å². The molecule has 0 aliphatic carbocycles. The lowest BCUT2D eigenvalue weighted by Crippen LogP contribution is -2.42. The van der Waals surface area contributed by atoms with Crippen molar-refractivity contribution in [1.82, 2.24) is 19.2 Å². The van der Waals surface area contributed by atoms with E-state index in [1.807, 2.05) is 49.1 Å². The molecule has 0 N–H and O–H groups in total. The number of para-hydroxylation sites is 1. The van der Waals surface area contributed by atoms with Crippen molar-refractivity contribution < 1.29 is 9.53 Å². The largest absolute Gasteiger partial charge is 0.484 e. The minimum atomic E-state index is -0.106. The van der Waals surface area contributed by atoms with E-state index in [9.17, 15) is 9.59 Å². The number of piperidine rings is 1. The Morgan fingerprint density at radius 1 is 1.31 bits per heavy atom. The van der Waals surface area contributed by atoms with Crippen molar-refractivity contribution in [2.24, 2.45) is 7.05 Å². The van der Waals surface area contributed by atoms with Gasteiger partial charge in [0.25, 0.3) is 5.91 Å². The molecule has 0 spiro atoms. The summed E-state index contributed by atoms with van der Waals surface area (Å²) in [4.78, 5) is 26.7. The summed E-state index contributed by atoms with van der Waals surface area (Å²) in [5, 5.41) is 4.44. The van der Waals surface area contributed by atoms with E-state index >= 15 is 0 Å². The van der Waals surface area contributed by atoms with E-state index in [0.717, 1.165) is 18.7 Å². The number of nitrogens with zero attached hydrogens (tertiary/aromatic N) is 4. The normalized spacial score (nSPS) is 17.5. The topological polar surface area (TPSA) is 69.4 Å². The summed E-state index contributed by atoms with van der Waals surface area (Å²) in [6.07, 6.45) is 1.82. The molecule has 2 heterocycles. The van der Waals surface area contributed by atoms with Gasteiger partial charge in [0.05, 0.1) is 0 Å². The molecule has 0 saturated carbocycles. The fourth-order valence-corrected chi connectivity index (χ4v) is 3.43. The van der Waals surface area contributed by atoms with Crippen LogP contribution < -0.4 is 10.4 Å². The lowest BCUT2D eigenvalue weighted by molar-refractivity contribution is -0.134. The third-order valence-corrected chi connectivity index (χ3v) is 4.74. The molecule has 1 atom stereocenters. The molecule has 1 aromatic carbocycles. The van der Waals surface area contributed by atoms with E-state index in [0.29, 0.717) is 18.8 Å². The third-order valence-electron chi connectivity index (χ3n) is 4.74. The highest BCUT2D eigenvalue weighted by Gasteiger charge is 2.30. The Labute approximate surface area is 153 Å². The molecule has 0 radical (unpaired) electrons. The van der Waals surface area contributed by atoms with Crippen molar-refractivity contribution in [3.05, 3.63) is 46.6 Å². The zero-order chi connectivity index (χ0) is 18.7. The van der Waals surface area contributed by atoms with Gasteiger partial charge in [-0.25, -0.2) is 9.48 Å². The highest BCUT2D eigenvalue weighted by atomic mass is 16.5. The highest BCUT2D eigenvalue weighted by molar-refractivity contribution is 5.78. The maximum absolute atomic E-state index is 12.5. The maximum Gasteiger partial charge on any atom is 0.345 e. The molecule has 1 aliphatic rings. The molecule has 1 amide bonds. The molecule has 3 rings (SSSR count). The van der Waals surface area contributed by atoms with Gasteiger partial charge in [0.2, 0.25) is 0 Å². The number of carbonyl (C=O) groups is 1. The smallest absolute Gasteiger partial charge is 0.345 e. The predicted octanol–water partition coefficient (Wildman–Crippen LogP) is 1.95. The minimum Gasteiger partial charge on any atom is -0.484 e. The quantitative estimate of drug-likeness (QED) is 0.819. The monoisotopic (exact) mass is 358 g/mol. The Morgan fingerprint density at radius 2 is 2.04 bits per heavy atom. The number of rotatable bonds is 5. The van der Waals surface area contributed by atoms with E-state index in [1.165, 1.54) is 4.68 Å². The average Bonchev–Trinajstić information content (AvgIpc) is 2.96. The van der Waals surface area contributed by atoms with Crippen LogP contribution in [0.3, 0.4) is 0 Å². The number of aryl methyl sites for hydroxylation is 1. The second kappa shape index (κ2) is 7.76. The minimum absolute atomic E-state index is 0.0237. The first-order chi connectivity index (χ1) is 12.5. The Balaban J connectivity index is 1.69. The van der Waals surface area contributed by atoms with Crippen LogP contribution in [0.5, 0.6) is 5.75 Å². The molecule has 1 aromatic heterocycles. The summed E-state index contributed by atoms with van der Waals surface area (Å²) in [6.45, 7) is 5.26. The molecule has 2 aromatic rings. The second-order valence-corrected chi connectivity index (χ2v) is 7.01. The van der Waals surface area contributed by atoms with Crippen molar-refractivity contribution in [3.63, 3.8) is 0 Å². The van der Waals surface area contributed by atoms with E-state index in [2.05, 4.69) is 5.10 Å². The van der Waals surface area contributed by atoms with Crippen LogP contribution in [0.25, 0.3) is 0 Å². The van der Waals surface area contributed by atoms with Crippen molar-refractivity contribution in [1.29, 1.82) is 0 Å². The summed E-state index contributed by atoms with van der Waals surface area (Å²) in [6, 6.07) is 9.37. The highest BCUT2D eigenvalue weighted by Crippen LogP contribution is 2.26. The Morgan fingerprint density at radius 3 is 2.73 bits per heavy atom. The molecule has 1 saturated heterocycles. The number of likely N-dealkylation sites (tertiary alicyclic amines) is 1. The fourth-order valence-electron chi connectivity index (χ4n) is 3.43. The lowest BCUT2D eigenvalue weighted by Gasteiger charge is -2.32. The van der Waals surface area contributed by atoms with Gasteiger partial charge in [-0.3, -0.25) is 9.36 Å². The summed E-state index contributed by atoms with van der Waals surface area (Å²) in [5.74, 6) is 1.50. The van der Waals surface area contributed by atoms with Crippen molar-refractivity contribution in [2.75, 3.05) is 19.7 Å². The number of ether oxygens (including phenoxy) is 1. The number of hydrogen-bond donors (Lipinski definition) is 0. The number of carbonyl (C=O) groups excluding carboxylic acids is 1. The van der Waals surface area contributed by atoms with Crippen LogP contribution in [0.1, 0.15) is 44.5 Å². The van der Waals surface area contributed by atoms with E-state index in [1.54, 1.807) is 11.6 Å². The average molecular weight is 358 g/mol. The molecule has 26 heavy (non-hydrogen) atoms. The van der Waals surface area contributed by atoms with Crippen molar-refractivity contribution in [2.45, 2.75) is 38.6 Å². The van der Waals surface area contributed by atoms with Gasteiger partial charge in [0, 0.05) is 32.1 Å². The van der Waals surface area contributed by atoms with Gasteiger partial charge in [-0.15, -0.1) is 0 Å². The first kappa shape index (κ1) is 18.2. The van der Waals surface area contributed by atoms with Gasteiger partial charge in [0.1, 0.15) is 11.6 Å². The maximum atomic E-state index is 12.5. The Bertz CT molecular complexity index is 810. The standard InChI is InChI=1S/C19H26N4O3/c1-14(2)23-18(20-21(3)19(23)25)15-8-7-11-22(12-15)17(24)13-26-16-9-5-4-6-10-16/h4-6,9-10,14-15H,7-8,11-13H2,1-3H3. The Hall–Kier alpha value is -2.57. The number of hydrogen-bond acceptors (Lipinski definition) is 4. The number of aromatic nitrogens is 3. The zero-order valence-corrected chi connectivity index (χ0v) is 15.6. The van der Waals surface area contributed by atoms with Crippen LogP contribution in [0.2, 0.25) is 0 Å². The lowest BCUT2D eigenvalue weighted by atomic mass is 9.97. The molecule has 140 valence electrons. The molecule has 7 heteroatoms. The van der Waals surface area contributed by atoms with Crippen LogP contribution in [-0.4, -0.2) is 44.9 Å². The predicted molar refractivity (Wildman–Crippen MR) is 98.3 cm³/mol. The summed E-state index contributed by atoms with van der Waals surface area (Å²) in [5.41, 5.74) is -0.106. The van der Waals surface area contributed by atoms with E-state index in [4.69, 9.17) is 4.74 Å². The zero-order valence-electron chi connectivity index (χ0n) is 15.6. The second-order valence-electron chi connectivity index (χ2n) is 7.01. The van der Waals surface area contributed by atoms with Gasteiger partial charge in [-0.2, -0.15) is 5.10 Å². The summed E-state index contributed by atoms with van der Waals surface area (Å²) < 4.78 is 8.70. The summed E-state index contributed by atoms with van der Waals surface area (Å²) in [7, 11) is 1.67. The van der Waals surface area contributed by atoms with Crippen molar-refractivity contribution in [3.8, 4) is 5.75 Å². The van der Waals surface area contributed by atoms with Crippen LogP contribution in [-0.2, 0) is 11.8 Å². The number of amides is 1. The molecular weight excluding hydrogens is 332 g/mol. The first-order valence-electron chi connectivity index (χ1n) is 9.08. The molecule has 0 bridgehead atoms. The molecule has 1 unspecified atom stereocenters.